The molecule has 0 atom stereocenters. The van der Waals surface area contributed by atoms with E-state index in [2.05, 4.69) is 4.57 Å². The van der Waals surface area contributed by atoms with Crippen molar-refractivity contribution in [2.45, 2.75) is 37.6 Å². The highest BCUT2D eigenvalue weighted by Gasteiger charge is 2.32. The van der Waals surface area contributed by atoms with E-state index in [0.717, 1.165) is 33.8 Å². The number of halogens is 1. The summed E-state index contributed by atoms with van der Waals surface area (Å²) in [5.74, 6) is 0.871. The fourth-order valence-electron chi connectivity index (χ4n) is 4.43. The van der Waals surface area contributed by atoms with E-state index in [0.29, 0.717) is 31.0 Å². The molecule has 2 aromatic heterocycles. The van der Waals surface area contributed by atoms with Gasteiger partial charge in [0.05, 0.1) is 4.90 Å². The molecule has 5 rings (SSSR count). The lowest BCUT2D eigenvalue weighted by molar-refractivity contribution is 0.278. The minimum atomic E-state index is -3.60. The second-order valence-corrected chi connectivity index (χ2v) is 10.9. The van der Waals surface area contributed by atoms with E-state index in [9.17, 15) is 8.42 Å². The number of pyridine rings is 1. The minimum Gasteiger partial charge on any atom is -0.305 e. The van der Waals surface area contributed by atoms with Crippen LogP contribution in [0.4, 0.5) is 0 Å². The van der Waals surface area contributed by atoms with Gasteiger partial charge in [-0.1, -0.05) is 48.0 Å². The average molecular weight is 481 g/mol. The van der Waals surface area contributed by atoms with Crippen molar-refractivity contribution in [3.63, 3.8) is 0 Å². The lowest BCUT2D eigenvalue weighted by Crippen LogP contribution is -2.39. The SMILES string of the molecule is Cc1ccc2nc(-c3ccccc3)n(C3CCN(S(=O)(=O)c4ccc(C)c(Cl)c4)CC3)c2n1. The van der Waals surface area contributed by atoms with Gasteiger partial charge in [-0.15, -0.1) is 0 Å². The minimum absolute atomic E-state index is 0.104. The summed E-state index contributed by atoms with van der Waals surface area (Å²) < 4.78 is 30.2. The monoisotopic (exact) mass is 480 g/mol. The molecule has 4 aromatic rings. The molecule has 170 valence electrons. The van der Waals surface area contributed by atoms with Crippen LogP contribution in [0, 0.1) is 13.8 Å². The first kappa shape index (κ1) is 22.1. The molecule has 0 N–H and O–H groups in total. The number of rotatable bonds is 4. The predicted octanol–water partition coefficient (Wildman–Crippen LogP) is 5.39. The Morgan fingerprint density at radius 3 is 2.36 bits per heavy atom. The Morgan fingerprint density at radius 1 is 0.939 bits per heavy atom. The number of aromatic nitrogens is 3. The molecular weight excluding hydrogens is 456 g/mol. The normalized spacial score (nSPS) is 15.8. The number of hydrogen-bond acceptors (Lipinski definition) is 4. The van der Waals surface area contributed by atoms with Crippen molar-refractivity contribution in [1.82, 2.24) is 18.8 Å². The quantitative estimate of drug-likeness (QED) is 0.392. The molecule has 6 nitrogen and oxygen atoms in total. The highest BCUT2D eigenvalue weighted by molar-refractivity contribution is 7.89. The lowest BCUT2D eigenvalue weighted by Gasteiger charge is -2.32. The summed E-state index contributed by atoms with van der Waals surface area (Å²) in [6.07, 6.45) is 1.36. The summed E-state index contributed by atoms with van der Waals surface area (Å²) in [6.45, 7) is 4.69. The maximum absolute atomic E-state index is 13.2. The number of piperidine rings is 1. The van der Waals surface area contributed by atoms with Crippen molar-refractivity contribution >= 4 is 32.8 Å². The van der Waals surface area contributed by atoms with Gasteiger partial charge in [0.1, 0.15) is 11.3 Å². The second-order valence-electron chi connectivity index (χ2n) is 8.51. The zero-order chi connectivity index (χ0) is 23.2. The number of aryl methyl sites for hydroxylation is 2. The first-order chi connectivity index (χ1) is 15.8. The molecule has 0 amide bonds. The van der Waals surface area contributed by atoms with Gasteiger partial charge in [-0.2, -0.15) is 4.31 Å². The standard InChI is InChI=1S/C25H25ClN4O2S/c1-17-8-10-21(16-22(17)26)33(31,32)29-14-12-20(13-15-29)30-24(19-6-4-3-5-7-19)28-23-11-9-18(2)27-25(23)30/h3-11,16,20H,12-15H2,1-2H3. The van der Waals surface area contributed by atoms with Gasteiger partial charge in [0.2, 0.25) is 10.0 Å². The van der Waals surface area contributed by atoms with Crippen molar-refractivity contribution in [3.8, 4) is 11.4 Å². The van der Waals surface area contributed by atoms with Gasteiger partial charge in [-0.25, -0.2) is 18.4 Å². The zero-order valence-electron chi connectivity index (χ0n) is 18.6. The van der Waals surface area contributed by atoms with E-state index >= 15 is 0 Å². The summed E-state index contributed by atoms with van der Waals surface area (Å²) in [7, 11) is -3.60. The van der Waals surface area contributed by atoms with E-state index in [1.54, 1.807) is 22.5 Å². The van der Waals surface area contributed by atoms with Crippen LogP contribution in [0.1, 0.15) is 30.1 Å². The number of benzene rings is 2. The van der Waals surface area contributed by atoms with Crippen LogP contribution < -0.4 is 0 Å². The average Bonchev–Trinajstić information content (AvgIpc) is 3.20. The van der Waals surface area contributed by atoms with Crippen LogP contribution in [0.3, 0.4) is 0 Å². The van der Waals surface area contributed by atoms with Crippen molar-refractivity contribution < 1.29 is 8.42 Å². The Morgan fingerprint density at radius 2 is 1.67 bits per heavy atom. The topological polar surface area (TPSA) is 68.1 Å². The molecule has 1 aliphatic heterocycles. The van der Waals surface area contributed by atoms with E-state index in [4.69, 9.17) is 21.6 Å². The van der Waals surface area contributed by atoms with Crippen LogP contribution in [-0.4, -0.2) is 40.3 Å². The Hall–Kier alpha value is -2.74. The Labute approximate surface area is 198 Å². The predicted molar refractivity (Wildman–Crippen MR) is 131 cm³/mol. The Kier molecular flexibility index (Phi) is 5.72. The van der Waals surface area contributed by atoms with Gasteiger partial charge >= 0.3 is 0 Å². The summed E-state index contributed by atoms with van der Waals surface area (Å²) in [4.78, 5) is 9.91. The highest BCUT2D eigenvalue weighted by atomic mass is 35.5. The molecule has 0 bridgehead atoms. The molecule has 0 aliphatic carbocycles. The molecule has 0 saturated carbocycles. The molecule has 3 heterocycles. The number of fused-ring (bicyclic) bond motifs is 1. The van der Waals surface area contributed by atoms with Gasteiger partial charge in [-0.05, 0) is 56.5 Å². The van der Waals surface area contributed by atoms with Crippen LogP contribution in [0.2, 0.25) is 5.02 Å². The fraction of sp³-hybridized carbons (Fsp3) is 0.280. The molecule has 1 fully saturated rings. The van der Waals surface area contributed by atoms with Crippen LogP contribution in [0.5, 0.6) is 0 Å². The van der Waals surface area contributed by atoms with E-state index in [-0.39, 0.29) is 10.9 Å². The van der Waals surface area contributed by atoms with Crippen molar-refractivity contribution in [3.05, 3.63) is 76.9 Å². The third kappa shape index (κ3) is 4.05. The summed E-state index contributed by atoms with van der Waals surface area (Å²) in [5.41, 5.74) is 4.51. The molecule has 2 aromatic carbocycles. The fourth-order valence-corrected chi connectivity index (χ4v) is 6.17. The molecule has 8 heteroatoms. The van der Waals surface area contributed by atoms with Crippen LogP contribution in [-0.2, 0) is 10.0 Å². The summed E-state index contributed by atoms with van der Waals surface area (Å²) in [6, 6.07) is 19.1. The third-order valence-electron chi connectivity index (χ3n) is 6.28. The maximum Gasteiger partial charge on any atom is 0.243 e. The zero-order valence-corrected chi connectivity index (χ0v) is 20.1. The van der Waals surface area contributed by atoms with E-state index in [1.165, 1.54) is 0 Å². The van der Waals surface area contributed by atoms with Crippen molar-refractivity contribution in [1.29, 1.82) is 0 Å². The number of imidazole rings is 1. The number of hydrogen-bond donors (Lipinski definition) is 0. The lowest BCUT2D eigenvalue weighted by atomic mass is 10.1. The Balaban J connectivity index is 1.47. The van der Waals surface area contributed by atoms with Crippen LogP contribution >= 0.6 is 11.6 Å². The highest BCUT2D eigenvalue weighted by Crippen LogP contribution is 2.34. The van der Waals surface area contributed by atoms with Crippen molar-refractivity contribution in [2.24, 2.45) is 0 Å². The molecule has 1 saturated heterocycles. The molecule has 0 spiro atoms. The van der Waals surface area contributed by atoms with Crippen LogP contribution in [0.15, 0.2) is 65.6 Å². The summed E-state index contributed by atoms with van der Waals surface area (Å²) >= 11 is 6.19. The van der Waals surface area contributed by atoms with Gasteiger partial charge in [-0.3, -0.25) is 0 Å². The van der Waals surface area contributed by atoms with Crippen LogP contribution in [0.25, 0.3) is 22.6 Å². The molecule has 33 heavy (non-hydrogen) atoms. The van der Waals surface area contributed by atoms with E-state index < -0.39 is 10.0 Å². The molecule has 0 unspecified atom stereocenters. The summed E-state index contributed by atoms with van der Waals surface area (Å²) in [5, 5.41) is 0.463. The van der Waals surface area contributed by atoms with Gasteiger partial charge < -0.3 is 4.57 Å². The first-order valence-corrected chi connectivity index (χ1v) is 12.8. The van der Waals surface area contributed by atoms with Crippen molar-refractivity contribution in [2.75, 3.05) is 13.1 Å². The number of nitrogens with zero attached hydrogens (tertiary/aromatic N) is 4. The third-order valence-corrected chi connectivity index (χ3v) is 8.58. The maximum atomic E-state index is 13.2. The molecule has 0 radical (unpaired) electrons. The largest absolute Gasteiger partial charge is 0.305 e. The Bertz CT molecular complexity index is 1430. The second kappa shape index (κ2) is 8.56. The first-order valence-electron chi connectivity index (χ1n) is 11.0. The number of sulfonamides is 1. The van der Waals surface area contributed by atoms with Gasteiger partial charge in [0.15, 0.2) is 5.65 Å². The molecule has 1 aliphatic rings. The van der Waals surface area contributed by atoms with E-state index in [1.807, 2.05) is 56.3 Å². The van der Waals surface area contributed by atoms with Gasteiger partial charge in [0.25, 0.3) is 0 Å². The van der Waals surface area contributed by atoms with Gasteiger partial charge in [0, 0.05) is 35.4 Å². The smallest absolute Gasteiger partial charge is 0.243 e. The molecular formula is C25H25ClN4O2S.